The topological polar surface area (TPSA) is 75.0 Å². The minimum Gasteiger partial charge on any atom is -0.440 e. The highest BCUT2D eigenvalue weighted by Gasteiger charge is 2.20. The number of aromatic amines is 2. The van der Waals surface area contributed by atoms with E-state index < -0.39 is 11.2 Å². The standard InChI is InChI=1S/C12H9BrN2O3/c13-5-6-1-2-9-7(3-6)4-8-10(16)14-12(17)15-11(8)18-9/h1-3H,4-5H2,(H2,14,15,16,17). The Hall–Kier alpha value is -1.82. The molecule has 0 bridgehead atoms. The molecule has 1 aliphatic heterocycles. The van der Waals surface area contributed by atoms with Gasteiger partial charge in [-0.05, 0) is 17.2 Å². The fraction of sp³-hybridized carbons (Fsp3) is 0.167. The molecule has 0 fully saturated rings. The maximum absolute atomic E-state index is 11.7. The Kier molecular flexibility index (Phi) is 2.59. The number of fused-ring (bicyclic) bond motifs is 2. The predicted octanol–water partition coefficient (Wildman–Crippen LogP) is 1.65. The first-order valence-corrected chi connectivity index (χ1v) is 6.50. The van der Waals surface area contributed by atoms with Crippen molar-refractivity contribution in [3.8, 4) is 11.6 Å². The summed E-state index contributed by atoms with van der Waals surface area (Å²) in [5.74, 6) is 0.913. The Labute approximate surface area is 110 Å². The third-order valence-corrected chi connectivity index (χ3v) is 3.51. The average Bonchev–Trinajstić information content (AvgIpc) is 2.36. The SMILES string of the molecule is O=c1[nH]c2c(c(=O)[nH]1)Cc1cc(CBr)ccc1O2. The van der Waals surface area contributed by atoms with Crippen LogP contribution in [-0.4, -0.2) is 9.97 Å². The number of aromatic nitrogens is 2. The van der Waals surface area contributed by atoms with Crippen molar-refractivity contribution in [3.63, 3.8) is 0 Å². The first-order chi connectivity index (χ1) is 8.67. The summed E-state index contributed by atoms with van der Waals surface area (Å²) < 4.78 is 5.55. The van der Waals surface area contributed by atoms with Crippen LogP contribution >= 0.6 is 15.9 Å². The monoisotopic (exact) mass is 308 g/mol. The summed E-state index contributed by atoms with van der Waals surface area (Å²) in [5.41, 5.74) is 1.55. The molecule has 3 rings (SSSR count). The maximum Gasteiger partial charge on any atom is 0.328 e. The van der Waals surface area contributed by atoms with Crippen molar-refractivity contribution in [1.29, 1.82) is 0 Å². The van der Waals surface area contributed by atoms with E-state index in [4.69, 9.17) is 4.74 Å². The van der Waals surface area contributed by atoms with Crippen LogP contribution < -0.4 is 16.0 Å². The highest BCUT2D eigenvalue weighted by molar-refractivity contribution is 9.08. The van der Waals surface area contributed by atoms with E-state index in [1.807, 2.05) is 18.2 Å². The largest absolute Gasteiger partial charge is 0.440 e. The van der Waals surface area contributed by atoms with Gasteiger partial charge in [-0.25, -0.2) is 4.79 Å². The van der Waals surface area contributed by atoms with Gasteiger partial charge in [0.05, 0.1) is 5.56 Å². The molecular weight excluding hydrogens is 300 g/mol. The van der Waals surface area contributed by atoms with Gasteiger partial charge in [-0.2, -0.15) is 0 Å². The number of nitrogens with one attached hydrogen (secondary N) is 2. The molecule has 2 N–H and O–H groups in total. The number of alkyl halides is 1. The summed E-state index contributed by atoms with van der Waals surface area (Å²) in [5, 5.41) is 0.745. The highest BCUT2D eigenvalue weighted by Crippen LogP contribution is 2.33. The van der Waals surface area contributed by atoms with Crippen LogP contribution in [0.1, 0.15) is 16.7 Å². The molecule has 0 atom stereocenters. The van der Waals surface area contributed by atoms with E-state index in [0.717, 1.165) is 16.5 Å². The molecule has 92 valence electrons. The quantitative estimate of drug-likeness (QED) is 0.671. The molecule has 0 amide bonds. The van der Waals surface area contributed by atoms with E-state index >= 15 is 0 Å². The fourth-order valence-electron chi connectivity index (χ4n) is 1.99. The van der Waals surface area contributed by atoms with E-state index in [1.54, 1.807) is 0 Å². The summed E-state index contributed by atoms with van der Waals surface area (Å²) in [4.78, 5) is 27.6. The van der Waals surface area contributed by atoms with Crippen molar-refractivity contribution in [2.45, 2.75) is 11.8 Å². The van der Waals surface area contributed by atoms with Crippen LogP contribution in [-0.2, 0) is 11.8 Å². The van der Waals surface area contributed by atoms with Crippen molar-refractivity contribution in [2.24, 2.45) is 0 Å². The van der Waals surface area contributed by atoms with Crippen molar-refractivity contribution < 1.29 is 4.74 Å². The van der Waals surface area contributed by atoms with Crippen LogP contribution in [0.25, 0.3) is 0 Å². The number of H-pyrrole nitrogens is 2. The van der Waals surface area contributed by atoms with Crippen LogP contribution in [0, 0.1) is 0 Å². The summed E-state index contributed by atoms with van der Waals surface area (Å²) in [6.45, 7) is 0. The highest BCUT2D eigenvalue weighted by atomic mass is 79.9. The summed E-state index contributed by atoms with van der Waals surface area (Å²) in [7, 11) is 0. The lowest BCUT2D eigenvalue weighted by Gasteiger charge is -2.19. The van der Waals surface area contributed by atoms with Crippen molar-refractivity contribution >= 4 is 15.9 Å². The van der Waals surface area contributed by atoms with Crippen LogP contribution in [0.4, 0.5) is 0 Å². The Morgan fingerprint density at radius 1 is 1.28 bits per heavy atom. The van der Waals surface area contributed by atoms with E-state index in [-0.39, 0.29) is 5.88 Å². The van der Waals surface area contributed by atoms with Gasteiger partial charge in [-0.15, -0.1) is 0 Å². The number of hydrogen-bond donors (Lipinski definition) is 2. The zero-order valence-corrected chi connectivity index (χ0v) is 10.8. The maximum atomic E-state index is 11.7. The van der Waals surface area contributed by atoms with E-state index in [0.29, 0.717) is 17.7 Å². The van der Waals surface area contributed by atoms with Gasteiger partial charge in [-0.1, -0.05) is 28.1 Å². The molecule has 0 aliphatic carbocycles. The number of benzene rings is 1. The Balaban J connectivity index is 2.14. The molecule has 2 heterocycles. The molecule has 6 heteroatoms. The summed E-state index contributed by atoms with van der Waals surface area (Å²) in [6, 6.07) is 5.76. The molecule has 1 aromatic heterocycles. The van der Waals surface area contributed by atoms with Crippen molar-refractivity contribution in [3.05, 3.63) is 55.7 Å². The number of rotatable bonds is 1. The Morgan fingerprint density at radius 2 is 2.11 bits per heavy atom. The second kappa shape index (κ2) is 4.13. The zero-order chi connectivity index (χ0) is 12.7. The molecule has 2 aromatic rings. The van der Waals surface area contributed by atoms with Crippen LogP contribution in [0.2, 0.25) is 0 Å². The molecule has 1 aliphatic rings. The third kappa shape index (κ3) is 1.78. The summed E-state index contributed by atoms with van der Waals surface area (Å²) in [6.07, 6.45) is 0.456. The van der Waals surface area contributed by atoms with Crippen LogP contribution in [0.3, 0.4) is 0 Å². The molecule has 0 unspecified atom stereocenters. The molecule has 0 saturated heterocycles. The van der Waals surface area contributed by atoms with Gasteiger partial charge >= 0.3 is 5.69 Å². The fourth-order valence-corrected chi connectivity index (χ4v) is 2.34. The van der Waals surface area contributed by atoms with E-state index in [2.05, 4.69) is 25.9 Å². The third-order valence-electron chi connectivity index (χ3n) is 2.86. The minimum absolute atomic E-state index is 0.239. The average molecular weight is 309 g/mol. The van der Waals surface area contributed by atoms with Gasteiger partial charge in [0, 0.05) is 11.8 Å². The van der Waals surface area contributed by atoms with Crippen LogP contribution in [0.5, 0.6) is 11.6 Å². The zero-order valence-electron chi connectivity index (χ0n) is 9.25. The molecular formula is C12H9BrN2O3. The van der Waals surface area contributed by atoms with Gasteiger partial charge in [0.15, 0.2) is 0 Å². The molecule has 5 nitrogen and oxygen atoms in total. The van der Waals surface area contributed by atoms with Gasteiger partial charge in [0.1, 0.15) is 5.75 Å². The predicted molar refractivity (Wildman–Crippen MR) is 69.6 cm³/mol. The van der Waals surface area contributed by atoms with Gasteiger partial charge < -0.3 is 4.74 Å². The summed E-state index contributed by atoms with van der Waals surface area (Å²) >= 11 is 3.38. The molecule has 18 heavy (non-hydrogen) atoms. The Bertz CT molecular complexity index is 733. The second-order valence-corrected chi connectivity index (χ2v) is 4.63. The van der Waals surface area contributed by atoms with Crippen molar-refractivity contribution in [1.82, 2.24) is 9.97 Å². The molecule has 0 radical (unpaired) electrons. The lowest BCUT2D eigenvalue weighted by Crippen LogP contribution is -2.27. The molecule has 0 saturated carbocycles. The van der Waals surface area contributed by atoms with E-state index in [1.165, 1.54) is 0 Å². The van der Waals surface area contributed by atoms with Gasteiger partial charge in [-0.3, -0.25) is 14.8 Å². The second-order valence-electron chi connectivity index (χ2n) is 4.07. The Morgan fingerprint density at radius 3 is 2.89 bits per heavy atom. The smallest absolute Gasteiger partial charge is 0.328 e. The van der Waals surface area contributed by atoms with Crippen LogP contribution in [0.15, 0.2) is 27.8 Å². The first kappa shape index (κ1) is 11.3. The molecule has 1 aromatic carbocycles. The number of halogens is 1. The lowest BCUT2D eigenvalue weighted by atomic mass is 10.0. The molecule has 0 spiro atoms. The number of ether oxygens (including phenoxy) is 1. The normalized spacial score (nSPS) is 12.5. The van der Waals surface area contributed by atoms with Gasteiger partial charge in [0.2, 0.25) is 5.88 Å². The minimum atomic E-state index is -0.556. The number of hydrogen-bond acceptors (Lipinski definition) is 3. The van der Waals surface area contributed by atoms with Gasteiger partial charge in [0.25, 0.3) is 5.56 Å². The first-order valence-electron chi connectivity index (χ1n) is 5.38. The lowest BCUT2D eigenvalue weighted by molar-refractivity contribution is 0.435. The van der Waals surface area contributed by atoms with Crippen molar-refractivity contribution in [2.75, 3.05) is 0 Å². The van der Waals surface area contributed by atoms with E-state index in [9.17, 15) is 9.59 Å².